The lowest BCUT2D eigenvalue weighted by atomic mass is 9.95. The molecule has 180 valence electrons. The van der Waals surface area contributed by atoms with E-state index in [0.717, 1.165) is 16.8 Å². The molecule has 3 heterocycles. The molecular weight excluding hydrogens is 466 g/mol. The number of nitrogens with zero attached hydrogens (tertiary/aromatic N) is 3. The number of carbonyl (C=O) groups is 1. The summed E-state index contributed by atoms with van der Waals surface area (Å²) < 4.78 is 18.5. The minimum atomic E-state index is -0.696. The Morgan fingerprint density at radius 3 is 2.66 bits per heavy atom. The Hall–Kier alpha value is -3.85. The van der Waals surface area contributed by atoms with E-state index in [0.29, 0.717) is 32.1 Å². The highest BCUT2D eigenvalue weighted by Gasteiger charge is 2.34. The summed E-state index contributed by atoms with van der Waals surface area (Å²) in [6.07, 6.45) is 1.85. The molecule has 1 aromatic heterocycles. The Morgan fingerprint density at radius 2 is 1.94 bits per heavy atom. The number of carbonyl (C=O) groups excluding carboxylic acids is 1. The largest absolute Gasteiger partial charge is 0.463 e. The van der Waals surface area contributed by atoms with Gasteiger partial charge in [-0.2, -0.15) is 0 Å². The fraction of sp³-hybridized carbons (Fsp3) is 0.269. The van der Waals surface area contributed by atoms with E-state index < -0.39 is 12.0 Å². The van der Waals surface area contributed by atoms with Gasteiger partial charge in [0.1, 0.15) is 0 Å². The molecule has 1 unspecified atom stereocenters. The third-order valence-corrected chi connectivity index (χ3v) is 6.92. The number of ether oxygens (including phenoxy) is 3. The first-order valence-electron chi connectivity index (χ1n) is 11.2. The molecule has 0 N–H and O–H groups in total. The van der Waals surface area contributed by atoms with E-state index in [-0.39, 0.29) is 19.0 Å². The van der Waals surface area contributed by atoms with E-state index in [1.54, 1.807) is 24.5 Å². The van der Waals surface area contributed by atoms with Gasteiger partial charge in [0.2, 0.25) is 6.79 Å². The van der Waals surface area contributed by atoms with Gasteiger partial charge in [0.05, 0.1) is 28.5 Å². The van der Waals surface area contributed by atoms with Crippen molar-refractivity contribution in [2.45, 2.75) is 19.9 Å². The van der Waals surface area contributed by atoms with Gasteiger partial charge in [0, 0.05) is 19.8 Å². The number of hydrogen-bond donors (Lipinski definition) is 0. The number of esters is 1. The van der Waals surface area contributed by atoms with Crippen LogP contribution in [-0.2, 0) is 9.53 Å². The van der Waals surface area contributed by atoms with Crippen LogP contribution in [0.3, 0.4) is 0 Å². The van der Waals surface area contributed by atoms with Gasteiger partial charge in [-0.15, -0.1) is 0 Å². The van der Waals surface area contributed by atoms with Crippen LogP contribution in [0.1, 0.15) is 31.0 Å². The number of aromatic nitrogens is 1. The van der Waals surface area contributed by atoms with Crippen LogP contribution >= 0.6 is 11.3 Å². The van der Waals surface area contributed by atoms with Crippen LogP contribution in [0.5, 0.6) is 11.5 Å². The Kier molecular flexibility index (Phi) is 5.94. The van der Waals surface area contributed by atoms with Crippen LogP contribution in [0.25, 0.3) is 6.08 Å². The van der Waals surface area contributed by atoms with Gasteiger partial charge < -0.3 is 19.1 Å². The highest BCUT2D eigenvalue weighted by Crippen LogP contribution is 2.38. The molecule has 0 bridgehead atoms. The van der Waals surface area contributed by atoms with Crippen molar-refractivity contribution < 1.29 is 19.0 Å². The summed E-state index contributed by atoms with van der Waals surface area (Å²) in [6, 6.07) is 12.7. The topological polar surface area (TPSA) is 82.4 Å². The van der Waals surface area contributed by atoms with E-state index in [4.69, 9.17) is 14.2 Å². The van der Waals surface area contributed by atoms with Crippen molar-refractivity contribution in [2.24, 2.45) is 4.99 Å². The number of benzene rings is 2. The normalized spacial score (nSPS) is 16.7. The zero-order chi connectivity index (χ0) is 24.7. The first-order chi connectivity index (χ1) is 16.9. The van der Waals surface area contributed by atoms with Gasteiger partial charge in [-0.25, -0.2) is 9.79 Å². The molecule has 35 heavy (non-hydrogen) atoms. The quantitative estimate of drug-likeness (QED) is 0.511. The van der Waals surface area contributed by atoms with Crippen molar-refractivity contribution in [1.29, 1.82) is 0 Å². The third-order valence-electron chi connectivity index (χ3n) is 5.94. The molecular formula is C26H25N3O5S. The molecule has 8 nitrogen and oxygen atoms in total. The van der Waals surface area contributed by atoms with Gasteiger partial charge in [-0.3, -0.25) is 9.36 Å². The molecule has 0 radical (unpaired) electrons. The first kappa shape index (κ1) is 22.9. The average Bonchev–Trinajstić information content (AvgIpc) is 3.42. The molecule has 2 aliphatic heterocycles. The summed E-state index contributed by atoms with van der Waals surface area (Å²) in [6.45, 7) is 3.87. The predicted molar refractivity (Wildman–Crippen MR) is 134 cm³/mol. The summed E-state index contributed by atoms with van der Waals surface area (Å²) in [4.78, 5) is 33.9. The number of hydrogen-bond acceptors (Lipinski definition) is 8. The SMILES string of the molecule is CCOC(=O)C1=C(C)N=c2s/c(=C/c3ccc(N(C)C)cc3)c(=O)n2C1c1ccc2c(c1)OCO2. The van der Waals surface area contributed by atoms with Crippen molar-refractivity contribution >= 4 is 29.1 Å². The number of thiazole rings is 1. The van der Waals surface area contributed by atoms with Crippen LogP contribution in [0.2, 0.25) is 0 Å². The predicted octanol–water partition coefficient (Wildman–Crippen LogP) is 2.59. The van der Waals surface area contributed by atoms with Gasteiger partial charge in [-0.05, 0) is 55.3 Å². The van der Waals surface area contributed by atoms with Crippen molar-refractivity contribution in [2.75, 3.05) is 32.4 Å². The molecule has 3 aromatic rings. The number of allylic oxidation sites excluding steroid dienone is 1. The van der Waals surface area contributed by atoms with E-state index in [9.17, 15) is 9.59 Å². The summed E-state index contributed by atoms with van der Waals surface area (Å²) in [5, 5.41) is 0. The monoisotopic (exact) mass is 491 g/mol. The Labute approximate surface area is 206 Å². The Bertz CT molecular complexity index is 1520. The highest BCUT2D eigenvalue weighted by molar-refractivity contribution is 7.07. The molecule has 0 spiro atoms. The summed E-state index contributed by atoms with van der Waals surface area (Å²) >= 11 is 1.30. The fourth-order valence-electron chi connectivity index (χ4n) is 4.21. The highest BCUT2D eigenvalue weighted by atomic mass is 32.1. The maximum absolute atomic E-state index is 13.7. The van der Waals surface area contributed by atoms with E-state index in [2.05, 4.69) is 4.99 Å². The molecule has 0 aliphatic carbocycles. The summed E-state index contributed by atoms with van der Waals surface area (Å²) in [5.74, 6) is 0.703. The standard InChI is InChI=1S/C26H25N3O5S/c1-5-32-25(31)22-15(2)27-26-29(23(22)17-8-11-19-20(13-17)34-14-33-19)24(30)21(35-26)12-16-6-9-18(10-7-16)28(3)4/h6-13,23H,5,14H2,1-4H3/b21-12+. The van der Waals surface area contributed by atoms with E-state index in [1.807, 2.05) is 61.5 Å². The molecule has 0 saturated carbocycles. The van der Waals surface area contributed by atoms with Crippen LogP contribution in [0, 0.1) is 0 Å². The van der Waals surface area contributed by atoms with Crippen molar-refractivity contribution in [1.82, 2.24) is 4.57 Å². The second kappa shape index (κ2) is 9.07. The van der Waals surface area contributed by atoms with Crippen LogP contribution in [0.4, 0.5) is 5.69 Å². The van der Waals surface area contributed by atoms with E-state index in [1.165, 1.54) is 11.3 Å². The molecule has 9 heteroatoms. The first-order valence-corrected chi connectivity index (χ1v) is 12.1. The van der Waals surface area contributed by atoms with Crippen molar-refractivity contribution in [3.05, 3.63) is 84.5 Å². The average molecular weight is 492 g/mol. The molecule has 0 saturated heterocycles. The number of anilines is 1. The molecule has 2 aromatic carbocycles. The van der Waals surface area contributed by atoms with Gasteiger partial charge in [0.15, 0.2) is 16.3 Å². The smallest absolute Gasteiger partial charge is 0.338 e. The molecule has 0 amide bonds. The number of fused-ring (bicyclic) bond motifs is 2. The minimum absolute atomic E-state index is 0.133. The minimum Gasteiger partial charge on any atom is -0.463 e. The Morgan fingerprint density at radius 1 is 1.20 bits per heavy atom. The molecule has 0 fully saturated rings. The zero-order valence-corrected chi connectivity index (χ0v) is 20.7. The lowest BCUT2D eigenvalue weighted by Crippen LogP contribution is -2.39. The third kappa shape index (κ3) is 4.12. The second-order valence-electron chi connectivity index (χ2n) is 8.40. The number of rotatable bonds is 5. The fourth-order valence-corrected chi connectivity index (χ4v) is 5.26. The van der Waals surface area contributed by atoms with Crippen LogP contribution in [-0.4, -0.2) is 38.0 Å². The van der Waals surface area contributed by atoms with Crippen molar-refractivity contribution in [3.63, 3.8) is 0 Å². The second-order valence-corrected chi connectivity index (χ2v) is 9.41. The molecule has 1 atom stereocenters. The summed E-state index contributed by atoms with van der Waals surface area (Å²) in [7, 11) is 3.96. The van der Waals surface area contributed by atoms with Crippen molar-refractivity contribution in [3.8, 4) is 11.5 Å². The zero-order valence-electron chi connectivity index (χ0n) is 19.9. The van der Waals surface area contributed by atoms with Gasteiger partial charge >= 0.3 is 5.97 Å². The van der Waals surface area contributed by atoms with Gasteiger partial charge in [-0.1, -0.05) is 29.5 Å². The molecule has 5 rings (SSSR count). The van der Waals surface area contributed by atoms with E-state index >= 15 is 0 Å². The maximum Gasteiger partial charge on any atom is 0.338 e. The van der Waals surface area contributed by atoms with Crippen LogP contribution in [0.15, 0.2) is 63.5 Å². The Balaban J connectivity index is 1.68. The summed E-state index contributed by atoms with van der Waals surface area (Å²) in [5.41, 5.74) is 3.33. The van der Waals surface area contributed by atoms with Gasteiger partial charge in [0.25, 0.3) is 5.56 Å². The van der Waals surface area contributed by atoms with Crippen LogP contribution < -0.4 is 29.3 Å². The lowest BCUT2D eigenvalue weighted by Gasteiger charge is -2.24. The molecule has 2 aliphatic rings. The lowest BCUT2D eigenvalue weighted by molar-refractivity contribution is -0.139. The maximum atomic E-state index is 13.7.